The molecule has 0 N–H and O–H groups in total. The molecule has 0 aliphatic heterocycles. The highest BCUT2D eigenvalue weighted by atomic mass is 14.3. The molecule has 0 heterocycles. The summed E-state index contributed by atoms with van der Waals surface area (Å²) in [6, 6.07) is 60.5. The summed E-state index contributed by atoms with van der Waals surface area (Å²) < 4.78 is 0. The van der Waals surface area contributed by atoms with Crippen LogP contribution in [0.5, 0.6) is 0 Å². The van der Waals surface area contributed by atoms with Crippen molar-refractivity contribution in [3.05, 3.63) is 169 Å². The van der Waals surface area contributed by atoms with Crippen molar-refractivity contribution < 1.29 is 0 Å². The Hall–Kier alpha value is -5.72. The Morgan fingerprint density at radius 2 is 0.756 bits per heavy atom. The average molecular weight is 571 g/mol. The molecule has 9 aromatic rings. The number of fused-ring (bicyclic) bond motifs is 8. The lowest BCUT2D eigenvalue weighted by Gasteiger charge is -2.23. The van der Waals surface area contributed by atoms with E-state index >= 15 is 0 Å². The van der Waals surface area contributed by atoms with Crippen LogP contribution in [-0.4, -0.2) is 0 Å². The highest BCUT2D eigenvalue weighted by Crippen LogP contribution is 2.51. The van der Waals surface area contributed by atoms with Crippen molar-refractivity contribution >= 4 is 53.9 Å². The molecule has 0 nitrogen and oxygen atoms in total. The van der Waals surface area contributed by atoms with Gasteiger partial charge >= 0.3 is 0 Å². The van der Waals surface area contributed by atoms with Crippen molar-refractivity contribution in [3.8, 4) is 33.4 Å². The first kappa shape index (κ1) is 25.7. The van der Waals surface area contributed by atoms with Crippen molar-refractivity contribution in [1.82, 2.24) is 0 Å². The molecule has 0 amide bonds. The van der Waals surface area contributed by atoms with Gasteiger partial charge in [-0.05, 0) is 106 Å². The summed E-state index contributed by atoms with van der Waals surface area (Å²) in [6.45, 7) is 2.16. The molecule has 45 heavy (non-hydrogen) atoms. The predicted octanol–water partition coefficient (Wildman–Crippen LogP) is 12.8. The van der Waals surface area contributed by atoms with Gasteiger partial charge in [0.25, 0.3) is 0 Å². The molecule has 0 aliphatic rings. The second kappa shape index (κ2) is 10.2. The zero-order chi connectivity index (χ0) is 29.9. The van der Waals surface area contributed by atoms with Crippen molar-refractivity contribution in [3.63, 3.8) is 0 Å². The van der Waals surface area contributed by atoms with Gasteiger partial charge in [0.05, 0.1) is 0 Å². The van der Waals surface area contributed by atoms with Crippen molar-refractivity contribution in [2.24, 2.45) is 0 Å². The van der Waals surface area contributed by atoms with Crippen LogP contribution in [0.3, 0.4) is 0 Å². The average Bonchev–Trinajstić information content (AvgIpc) is 3.11. The number of benzene rings is 9. The predicted molar refractivity (Wildman–Crippen MR) is 195 cm³/mol. The van der Waals surface area contributed by atoms with Crippen LogP contribution >= 0.6 is 0 Å². The molecule has 210 valence electrons. The summed E-state index contributed by atoms with van der Waals surface area (Å²) in [4.78, 5) is 0. The third-order valence-electron chi connectivity index (χ3n) is 9.48. The first-order chi connectivity index (χ1) is 22.3. The second-order valence-electron chi connectivity index (χ2n) is 12.1. The van der Waals surface area contributed by atoms with E-state index in [4.69, 9.17) is 0 Å². The van der Waals surface area contributed by atoms with E-state index in [1.54, 1.807) is 0 Å². The van der Waals surface area contributed by atoms with E-state index < -0.39 is 0 Å². The van der Waals surface area contributed by atoms with Crippen LogP contribution < -0.4 is 0 Å². The molecule has 0 unspecified atom stereocenters. The standard InChI is InChI=1S/C45H30/c1-29-23-25-31(26-24-29)42-38-21-11-12-22-39(38)43(45-37-20-10-8-18-35(37)34-17-7-9-19-36(34)44(42)45)41-28-33-16-6-5-15-32(33)27-40(41)30-13-3-2-4-14-30/h2-28H,1H3. The quantitative estimate of drug-likeness (QED) is 0.146. The molecule has 0 radical (unpaired) electrons. The van der Waals surface area contributed by atoms with E-state index in [9.17, 15) is 0 Å². The maximum absolute atomic E-state index is 2.42. The molecule has 0 atom stereocenters. The largest absolute Gasteiger partial charge is 0.0622 e. The van der Waals surface area contributed by atoms with Gasteiger partial charge in [0, 0.05) is 0 Å². The van der Waals surface area contributed by atoms with Crippen molar-refractivity contribution in [2.45, 2.75) is 6.92 Å². The van der Waals surface area contributed by atoms with Gasteiger partial charge in [0.15, 0.2) is 0 Å². The molecule has 9 aromatic carbocycles. The highest BCUT2D eigenvalue weighted by molar-refractivity contribution is 6.37. The highest BCUT2D eigenvalue weighted by Gasteiger charge is 2.23. The fourth-order valence-corrected chi connectivity index (χ4v) is 7.45. The van der Waals surface area contributed by atoms with Gasteiger partial charge < -0.3 is 0 Å². The minimum absolute atomic E-state index is 1.23. The van der Waals surface area contributed by atoms with E-state index in [1.807, 2.05) is 0 Å². The van der Waals surface area contributed by atoms with E-state index in [0.29, 0.717) is 0 Å². The molecule has 0 aromatic heterocycles. The van der Waals surface area contributed by atoms with E-state index in [0.717, 1.165) is 0 Å². The first-order valence-electron chi connectivity index (χ1n) is 15.7. The number of aryl methyl sites for hydroxylation is 1. The van der Waals surface area contributed by atoms with E-state index in [2.05, 4.69) is 171 Å². The Balaban J connectivity index is 1.60. The first-order valence-corrected chi connectivity index (χ1v) is 15.7. The van der Waals surface area contributed by atoms with E-state index in [1.165, 1.54) is 92.8 Å². The van der Waals surface area contributed by atoms with Crippen LogP contribution in [0.4, 0.5) is 0 Å². The van der Waals surface area contributed by atoms with Gasteiger partial charge in [-0.1, -0.05) is 157 Å². The van der Waals surface area contributed by atoms with Crippen molar-refractivity contribution in [1.29, 1.82) is 0 Å². The molecule has 0 aliphatic carbocycles. The lowest BCUT2D eigenvalue weighted by atomic mass is 9.80. The third kappa shape index (κ3) is 4.00. The van der Waals surface area contributed by atoms with Gasteiger partial charge in [-0.15, -0.1) is 0 Å². The Morgan fingerprint density at radius 1 is 0.311 bits per heavy atom. The van der Waals surface area contributed by atoms with Gasteiger partial charge in [0.2, 0.25) is 0 Å². The maximum atomic E-state index is 2.42. The maximum Gasteiger partial charge on any atom is -0.000741 e. The topological polar surface area (TPSA) is 0 Å². The molecule has 0 spiro atoms. The second-order valence-corrected chi connectivity index (χ2v) is 12.1. The fraction of sp³-hybridized carbons (Fsp3) is 0.0222. The van der Waals surface area contributed by atoms with Crippen LogP contribution in [0.25, 0.3) is 87.2 Å². The summed E-state index contributed by atoms with van der Waals surface area (Å²) in [5.74, 6) is 0. The lowest BCUT2D eigenvalue weighted by molar-refractivity contribution is 1.48. The zero-order valence-corrected chi connectivity index (χ0v) is 25.1. The summed E-state index contributed by atoms with van der Waals surface area (Å²) >= 11 is 0. The van der Waals surface area contributed by atoms with Crippen LogP contribution in [-0.2, 0) is 0 Å². The Labute approximate surface area is 262 Å². The number of rotatable bonds is 3. The van der Waals surface area contributed by atoms with E-state index in [-0.39, 0.29) is 0 Å². The monoisotopic (exact) mass is 570 g/mol. The SMILES string of the molecule is Cc1ccc(-c2c3ccccc3c(-c3cc4ccccc4cc3-c3ccccc3)c3c4ccccc4c4ccccc4c23)cc1. The molecule has 0 saturated carbocycles. The van der Waals surface area contributed by atoms with Gasteiger partial charge in [-0.3, -0.25) is 0 Å². The van der Waals surface area contributed by atoms with Crippen LogP contribution in [0, 0.1) is 6.92 Å². The third-order valence-corrected chi connectivity index (χ3v) is 9.48. The minimum Gasteiger partial charge on any atom is -0.0622 e. The summed E-state index contributed by atoms with van der Waals surface area (Å²) in [7, 11) is 0. The molecule has 0 saturated heterocycles. The smallest absolute Gasteiger partial charge is 0.000741 e. The normalized spacial score (nSPS) is 11.7. The van der Waals surface area contributed by atoms with Gasteiger partial charge in [-0.25, -0.2) is 0 Å². The van der Waals surface area contributed by atoms with Crippen LogP contribution in [0.1, 0.15) is 5.56 Å². The number of hydrogen-bond donors (Lipinski definition) is 0. The molecule has 0 bridgehead atoms. The molecule has 9 rings (SSSR count). The molecular weight excluding hydrogens is 540 g/mol. The van der Waals surface area contributed by atoms with Gasteiger partial charge in [0.1, 0.15) is 0 Å². The number of hydrogen-bond acceptors (Lipinski definition) is 0. The van der Waals surface area contributed by atoms with Crippen LogP contribution in [0.2, 0.25) is 0 Å². The molecular formula is C45H30. The minimum atomic E-state index is 1.23. The fourth-order valence-electron chi connectivity index (χ4n) is 7.45. The summed E-state index contributed by atoms with van der Waals surface area (Å²) in [6.07, 6.45) is 0. The summed E-state index contributed by atoms with van der Waals surface area (Å²) in [5.41, 5.74) is 8.84. The Morgan fingerprint density at radius 3 is 1.36 bits per heavy atom. The molecule has 0 heteroatoms. The zero-order valence-electron chi connectivity index (χ0n) is 25.1. The van der Waals surface area contributed by atoms with Crippen molar-refractivity contribution in [2.75, 3.05) is 0 Å². The Bertz CT molecular complexity index is 2570. The Kier molecular flexibility index (Phi) is 5.83. The van der Waals surface area contributed by atoms with Crippen LogP contribution in [0.15, 0.2) is 164 Å². The summed E-state index contributed by atoms with van der Waals surface area (Å²) in [5, 5.41) is 12.8. The van der Waals surface area contributed by atoms with Gasteiger partial charge in [-0.2, -0.15) is 0 Å². The molecule has 0 fully saturated rings. The lowest BCUT2D eigenvalue weighted by Crippen LogP contribution is -1.95.